The number of benzene rings is 2. The molecule has 0 aliphatic carbocycles. The van der Waals surface area contributed by atoms with Crippen molar-refractivity contribution in [3.8, 4) is 11.5 Å². The van der Waals surface area contributed by atoms with Crippen molar-refractivity contribution in [1.29, 1.82) is 0 Å². The molecule has 1 fully saturated rings. The lowest BCUT2D eigenvalue weighted by Gasteiger charge is -2.24. The number of ketones is 1. The summed E-state index contributed by atoms with van der Waals surface area (Å²) in [6.45, 7) is 1.63. The van der Waals surface area contributed by atoms with Crippen molar-refractivity contribution >= 4 is 34.7 Å². The van der Waals surface area contributed by atoms with Crippen LogP contribution in [0.5, 0.6) is 11.5 Å². The molecule has 1 amide bonds. The van der Waals surface area contributed by atoms with Crippen LogP contribution in [0.1, 0.15) is 23.1 Å². The summed E-state index contributed by atoms with van der Waals surface area (Å²) in [5.74, 6) is -3.88. The van der Waals surface area contributed by atoms with Crippen LogP contribution in [0.3, 0.4) is 0 Å². The standard InChI is InChI=1S/C24H18ClF2NO6/c1-11-4-7-17(34-11)21-20(22(29)13-9-14(25)19(33-3)10-18(13)32-2)23(30)24(31)28(21)16-8-12(26)5-6-15(16)27/h4-10,21,29H,1-3H3/b22-20+. The normalized spacial score (nSPS) is 17.4. The average molecular weight is 490 g/mol. The molecule has 176 valence electrons. The number of ether oxygens (including phenoxy) is 2. The van der Waals surface area contributed by atoms with Crippen molar-refractivity contribution in [2.24, 2.45) is 0 Å². The largest absolute Gasteiger partial charge is 0.507 e. The number of hydrogen-bond acceptors (Lipinski definition) is 6. The fraction of sp³-hybridized carbons (Fsp3) is 0.167. The van der Waals surface area contributed by atoms with Crippen LogP contribution in [0.25, 0.3) is 5.76 Å². The maximum atomic E-state index is 14.7. The summed E-state index contributed by atoms with van der Waals surface area (Å²) in [4.78, 5) is 26.9. The molecule has 1 N–H and O–H groups in total. The maximum Gasteiger partial charge on any atom is 0.300 e. The van der Waals surface area contributed by atoms with Crippen molar-refractivity contribution in [1.82, 2.24) is 0 Å². The van der Waals surface area contributed by atoms with Crippen molar-refractivity contribution in [3.63, 3.8) is 0 Å². The Morgan fingerprint density at radius 1 is 1.06 bits per heavy atom. The highest BCUT2D eigenvalue weighted by Gasteiger charge is 2.49. The lowest BCUT2D eigenvalue weighted by molar-refractivity contribution is -0.132. The smallest absolute Gasteiger partial charge is 0.300 e. The summed E-state index contributed by atoms with van der Waals surface area (Å²) in [7, 11) is 2.71. The third-order valence-corrected chi connectivity index (χ3v) is 5.67. The molecule has 1 aliphatic heterocycles. The van der Waals surface area contributed by atoms with Crippen molar-refractivity contribution in [3.05, 3.63) is 81.8 Å². The molecule has 4 rings (SSSR count). The van der Waals surface area contributed by atoms with Gasteiger partial charge in [-0.3, -0.25) is 14.5 Å². The molecule has 1 atom stereocenters. The van der Waals surface area contributed by atoms with E-state index in [9.17, 15) is 23.5 Å². The van der Waals surface area contributed by atoms with Crippen LogP contribution < -0.4 is 14.4 Å². The van der Waals surface area contributed by atoms with Gasteiger partial charge in [0.1, 0.15) is 46.5 Å². The Bertz CT molecular complexity index is 1350. The zero-order valence-corrected chi connectivity index (χ0v) is 18.9. The van der Waals surface area contributed by atoms with Crippen LogP contribution in [0.4, 0.5) is 14.5 Å². The predicted molar refractivity (Wildman–Crippen MR) is 119 cm³/mol. The Morgan fingerprint density at radius 2 is 1.76 bits per heavy atom. The van der Waals surface area contributed by atoms with Gasteiger partial charge in [-0.1, -0.05) is 11.6 Å². The number of aliphatic hydroxyl groups excluding tert-OH is 1. The highest BCUT2D eigenvalue weighted by molar-refractivity contribution is 6.51. The fourth-order valence-electron chi connectivity index (χ4n) is 3.81. The lowest BCUT2D eigenvalue weighted by Crippen LogP contribution is -2.30. The molecule has 1 saturated heterocycles. The topological polar surface area (TPSA) is 89.2 Å². The van der Waals surface area contributed by atoms with Gasteiger partial charge in [-0.2, -0.15) is 0 Å². The second-order valence-electron chi connectivity index (χ2n) is 7.40. The first-order valence-electron chi connectivity index (χ1n) is 9.92. The number of nitrogens with zero attached hydrogens (tertiary/aromatic N) is 1. The number of Topliss-reactive ketones (excluding diaryl/α,β-unsaturated/α-hetero) is 1. The number of halogens is 3. The first-order chi connectivity index (χ1) is 16.2. The Morgan fingerprint density at radius 3 is 2.38 bits per heavy atom. The summed E-state index contributed by atoms with van der Waals surface area (Å²) < 4.78 is 44.7. The van der Waals surface area contributed by atoms with Gasteiger partial charge in [0.05, 0.1) is 36.1 Å². The van der Waals surface area contributed by atoms with E-state index in [2.05, 4.69) is 0 Å². The number of hydrogen-bond donors (Lipinski definition) is 1. The summed E-state index contributed by atoms with van der Waals surface area (Å²) in [6, 6.07) is 6.85. The molecule has 0 radical (unpaired) electrons. The fourth-order valence-corrected chi connectivity index (χ4v) is 4.05. The summed E-state index contributed by atoms with van der Waals surface area (Å²) in [6.07, 6.45) is 0. The van der Waals surface area contributed by atoms with Crippen LogP contribution >= 0.6 is 11.6 Å². The third kappa shape index (κ3) is 3.77. The Kier molecular flexibility index (Phi) is 6.05. The SMILES string of the molecule is COc1cc(OC)c(/C(O)=C2\C(=O)C(=O)N(c3cc(F)ccc3F)C2c2ccc(C)o2)cc1Cl. The zero-order valence-electron chi connectivity index (χ0n) is 18.2. The van der Waals surface area contributed by atoms with E-state index < -0.39 is 46.4 Å². The molecule has 1 aromatic heterocycles. The first-order valence-corrected chi connectivity index (χ1v) is 10.3. The van der Waals surface area contributed by atoms with Crippen molar-refractivity contribution in [2.45, 2.75) is 13.0 Å². The zero-order chi connectivity index (χ0) is 24.7. The van der Waals surface area contributed by atoms with E-state index in [0.29, 0.717) is 5.76 Å². The minimum absolute atomic E-state index is 0.0145. The molecule has 2 heterocycles. The number of methoxy groups -OCH3 is 2. The van der Waals surface area contributed by atoms with Crippen molar-refractivity contribution < 1.29 is 37.4 Å². The van der Waals surface area contributed by atoms with Gasteiger partial charge in [-0.05, 0) is 37.3 Å². The average Bonchev–Trinajstić information content (AvgIpc) is 3.35. The van der Waals surface area contributed by atoms with E-state index >= 15 is 0 Å². The second kappa shape index (κ2) is 8.83. The van der Waals surface area contributed by atoms with E-state index in [1.807, 2.05) is 0 Å². The highest BCUT2D eigenvalue weighted by atomic mass is 35.5. The minimum Gasteiger partial charge on any atom is -0.507 e. The number of aryl methyl sites for hydroxylation is 1. The molecule has 1 aliphatic rings. The van der Waals surface area contributed by atoms with Gasteiger partial charge in [0.25, 0.3) is 11.7 Å². The van der Waals surface area contributed by atoms with E-state index in [1.54, 1.807) is 13.0 Å². The molecule has 0 spiro atoms. The predicted octanol–water partition coefficient (Wildman–Crippen LogP) is 5.16. The summed E-state index contributed by atoms with van der Waals surface area (Å²) >= 11 is 6.21. The van der Waals surface area contributed by atoms with Crippen LogP contribution in [0, 0.1) is 18.6 Å². The van der Waals surface area contributed by atoms with E-state index in [1.165, 1.54) is 32.4 Å². The van der Waals surface area contributed by atoms with E-state index in [0.717, 1.165) is 23.1 Å². The molecule has 7 nitrogen and oxygen atoms in total. The van der Waals surface area contributed by atoms with Gasteiger partial charge in [-0.15, -0.1) is 0 Å². The van der Waals surface area contributed by atoms with Crippen LogP contribution in [-0.4, -0.2) is 31.0 Å². The Labute approximate surface area is 197 Å². The van der Waals surface area contributed by atoms with Gasteiger partial charge >= 0.3 is 0 Å². The quantitative estimate of drug-likeness (QED) is 0.302. The number of anilines is 1. The lowest BCUT2D eigenvalue weighted by atomic mass is 9.98. The molecule has 3 aromatic rings. The number of aliphatic hydroxyl groups is 1. The number of carbonyl (C=O) groups is 2. The van der Waals surface area contributed by atoms with E-state index in [4.69, 9.17) is 25.5 Å². The van der Waals surface area contributed by atoms with Gasteiger partial charge in [-0.25, -0.2) is 8.78 Å². The molecular weight excluding hydrogens is 472 g/mol. The van der Waals surface area contributed by atoms with Gasteiger partial charge in [0.15, 0.2) is 0 Å². The molecule has 0 saturated carbocycles. The molecule has 2 aromatic carbocycles. The van der Waals surface area contributed by atoms with Crippen LogP contribution in [0.2, 0.25) is 5.02 Å². The first kappa shape index (κ1) is 23.3. The van der Waals surface area contributed by atoms with Crippen LogP contribution in [0.15, 0.2) is 52.5 Å². The molecular formula is C24H18ClF2NO6. The molecule has 10 heteroatoms. The Balaban J connectivity index is 2.01. The van der Waals surface area contributed by atoms with Gasteiger partial charge in [0.2, 0.25) is 0 Å². The molecule has 0 bridgehead atoms. The third-order valence-electron chi connectivity index (χ3n) is 5.37. The minimum atomic E-state index is -1.39. The summed E-state index contributed by atoms with van der Waals surface area (Å²) in [5, 5.41) is 11.3. The van der Waals surface area contributed by atoms with E-state index in [-0.39, 0.29) is 27.8 Å². The second-order valence-corrected chi connectivity index (χ2v) is 7.81. The number of rotatable bonds is 5. The van der Waals surface area contributed by atoms with Gasteiger partial charge in [0, 0.05) is 12.1 Å². The highest BCUT2D eigenvalue weighted by Crippen LogP contribution is 2.45. The molecule has 34 heavy (non-hydrogen) atoms. The number of carbonyl (C=O) groups excluding carboxylic acids is 2. The summed E-state index contributed by atoms with van der Waals surface area (Å²) in [5.41, 5.74) is -0.915. The van der Waals surface area contributed by atoms with Gasteiger partial charge < -0.3 is 19.0 Å². The monoisotopic (exact) mass is 489 g/mol. The number of amides is 1. The maximum absolute atomic E-state index is 14.7. The molecule has 1 unspecified atom stereocenters. The van der Waals surface area contributed by atoms with Crippen LogP contribution in [-0.2, 0) is 9.59 Å². The van der Waals surface area contributed by atoms with Crippen molar-refractivity contribution in [2.75, 3.05) is 19.1 Å². The Hall–Kier alpha value is -3.85. The number of furan rings is 1.